The van der Waals surface area contributed by atoms with Crippen molar-refractivity contribution >= 4 is 5.91 Å². The first-order valence-corrected chi connectivity index (χ1v) is 5.59. The van der Waals surface area contributed by atoms with Crippen molar-refractivity contribution in [2.45, 2.75) is 33.7 Å². The molecule has 3 N–H and O–H groups in total. The highest BCUT2D eigenvalue weighted by atomic mass is 16.5. The van der Waals surface area contributed by atoms with Crippen LogP contribution in [0.15, 0.2) is 0 Å². The Kier molecular flexibility index (Phi) is 6.55. The summed E-state index contributed by atoms with van der Waals surface area (Å²) in [6.45, 7) is 10.1. The number of nitrogens with zero attached hydrogens (tertiary/aromatic N) is 1. The first kappa shape index (κ1) is 15.3. The normalized spacial score (nSPS) is 12.2. The second-order valence-electron chi connectivity index (χ2n) is 4.91. The Morgan fingerprint density at radius 3 is 2.44 bits per heavy atom. The summed E-state index contributed by atoms with van der Waals surface area (Å²) in [5.41, 5.74) is 1.72. The molecule has 0 aliphatic heterocycles. The van der Waals surface area contributed by atoms with Crippen LogP contribution in [0.4, 0.5) is 0 Å². The number of nitrogens with two attached hydrogens (primary N) is 1. The molecule has 1 amide bonds. The number of methoxy groups -OCH3 is 1. The summed E-state index contributed by atoms with van der Waals surface area (Å²) in [6, 6.07) is 0.375. The number of carbonyl (C=O) groups is 1. The van der Waals surface area contributed by atoms with Crippen molar-refractivity contribution in [3.8, 4) is 0 Å². The summed E-state index contributed by atoms with van der Waals surface area (Å²) < 4.78 is 5.06. The summed E-state index contributed by atoms with van der Waals surface area (Å²) in [5, 5.41) is 0. The SMILES string of the molecule is COCCN(CC(C)(C)C(=O)NN)C(C)C. The fraction of sp³-hybridized carbons (Fsp3) is 0.909. The highest BCUT2D eigenvalue weighted by molar-refractivity contribution is 5.81. The molecule has 16 heavy (non-hydrogen) atoms. The molecular formula is C11H25N3O2. The molecular weight excluding hydrogens is 206 g/mol. The maximum Gasteiger partial charge on any atom is 0.240 e. The predicted molar refractivity (Wildman–Crippen MR) is 64.7 cm³/mol. The van der Waals surface area contributed by atoms with E-state index in [2.05, 4.69) is 24.2 Å². The van der Waals surface area contributed by atoms with E-state index in [0.29, 0.717) is 19.2 Å². The average molecular weight is 231 g/mol. The van der Waals surface area contributed by atoms with E-state index in [9.17, 15) is 4.79 Å². The third kappa shape index (κ3) is 4.92. The van der Waals surface area contributed by atoms with Crippen LogP contribution >= 0.6 is 0 Å². The summed E-state index contributed by atoms with van der Waals surface area (Å²) >= 11 is 0. The molecule has 0 atom stereocenters. The van der Waals surface area contributed by atoms with Crippen molar-refractivity contribution < 1.29 is 9.53 Å². The van der Waals surface area contributed by atoms with E-state index in [1.165, 1.54) is 0 Å². The van der Waals surface area contributed by atoms with Gasteiger partial charge in [0, 0.05) is 26.2 Å². The second-order valence-corrected chi connectivity index (χ2v) is 4.91. The fourth-order valence-electron chi connectivity index (χ4n) is 1.50. The number of amides is 1. The van der Waals surface area contributed by atoms with E-state index in [4.69, 9.17) is 10.6 Å². The maximum absolute atomic E-state index is 11.6. The highest BCUT2D eigenvalue weighted by Crippen LogP contribution is 2.18. The molecule has 0 aliphatic carbocycles. The zero-order valence-corrected chi connectivity index (χ0v) is 11.0. The number of ether oxygens (including phenoxy) is 1. The second kappa shape index (κ2) is 6.83. The van der Waals surface area contributed by atoms with Crippen molar-refractivity contribution in [2.75, 3.05) is 26.8 Å². The van der Waals surface area contributed by atoms with Crippen LogP contribution in [0.3, 0.4) is 0 Å². The van der Waals surface area contributed by atoms with Crippen LogP contribution in [0.25, 0.3) is 0 Å². The van der Waals surface area contributed by atoms with Crippen molar-refractivity contribution in [2.24, 2.45) is 11.3 Å². The molecule has 0 aromatic carbocycles. The molecule has 0 spiro atoms. The van der Waals surface area contributed by atoms with Crippen molar-refractivity contribution in [3.63, 3.8) is 0 Å². The van der Waals surface area contributed by atoms with Crippen LogP contribution in [0.2, 0.25) is 0 Å². The third-order valence-corrected chi connectivity index (χ3v) is 2.66. The highest BCUT2D eigenvalue weighted by Gasteiger charge is 2.30. The summed E-state index contributed by atoms with van der Waals surface area (Å²) in [5.74, 6) is 5.02. The number of rotatable bonds is 7. The molecule has 5 nitrogen and oxygen atoms in total. The molecule has 0 fully saturated rings. The lowest BCUT2D eigenvalue weighted by atomic mass is 9.91. The minimum absolute atomic E-state index is 0.143. The van der Waals surface area contributed by atoms with Crippen LogP contribution in [-0.4, -0.2) is 43.7 Å². The van der Waals surface area contributed by atoms with Gasteiger partial charge in [-0.2, -0.15) is 0 Å². The number of hydrazine groups is 1. The quantitative estimate of drug-likeness (QED) is 0.377. The Balaban J connectivity index is 4.42. The Morgan fingerprint density at radius 1 is 1.50 bits per heavy atom. The van der Waals surface area contributed by atoms with Gasteiger partial charge in [-0.1, -0.05) is 0 Å². The molecule has 0 unspecified atom stereocenters. The first-order chi connectivity index (χ1) is 7.35. The topological polar surface area (TPSA) is 67.6 Å². The van der Waals surface area contributed by atoms with Crippen molar-refractivity contribution in [1.29, 1.82) is 0 Å². The van der Waals surface area contributed by atoms with Gasteiger partial charge in [-0.15, -0.1) is 0 Å². The van der Waals surface area contributed by atoms with E-state index in [1.807, 2.05) is 13.8 Å². The largest absolute Gasteiger partial charge is 0.383 e. The van der Waals surface area contributed by atoms with Crippen molar-refractivity contribution in [1.82, 2.24) is 10.3 Å². The molecule has 5 heteroatoms. The zero-order valence-electron chi connectivity index (χ0n) is 11.0. The Hall–Kier alpha value is -0.650. The van der Waals surface area contributed by atoms with Gasteiger partial charge in [-0.05, 0) is 27.7 Å². The fourth-order valence-corrected chi connectivity index (χ4v) is 1.50. The van der Waals surface area contributed by atoms with E-state index < -0.39 is 5.41 Å². The maximum atomic E-state index is 11.6. The van der Waals surface area contributed by atoms with E-state index >= 15 is 0 Å². The summed E-state index contributed by atoms with van der Waals surface area (Å²) in [7, 11) is 1.68. The molecule has 0 rings (SSSR count). The smallest absolute Gasteiger partial charge is 0.240 e. The molecule has 0 saturated carbocycles. The molecule has 0 aliphatic rings. The number of hydrogen-bond donors (Lipinski definition) is 2. The molecule has 0 radical (unpaired) electrons. The van der Waals surface area contributed by atoms with E-state index in [-0.39, 0.29) is 5.91 Å². The average Bonchev–Trinajstić information content (AvgIpc) is 2.22. The van der Waals surface area contributed by atoms with Gasteiger partial charge in [0.05, 0.1) is 12.0 Å². The van der Waals surface area contributed by atoms with Gasteiger partial charge >= 0.3 is 0 Å². The minimum Gasteiger partial charge on any atom is -0.383 e. The molecule has 0 heterocycles. The number of hydrogen-bond acceptors (Lipinski definition) is 4. The lowest BCUT2D eigenvalue weighted by molar-refractivity contribution is -0.130. The molecule has 0 bridgehead atoms. The van der Waals surface area contributed by atoms with Crippen LogP contribution in [0.5, 0.6) is 0 Å². The van der Waals surface area contributed by atoms with Crippen LogP contribution in [0, 0.1) is 5.41 Å². The Labute approximate surface area is 98.3 Å². The van der Waals surface area contributed by atoms with Gasteiger partial charge in [-0.25, -0.2) is 5.84 Å². The number of carbonyl (C=O) groups excluding carboxylic acids is 1. The van der Waals surface area contributed by atoms with Crippen LogP contribution in [-0.2, 0) is 9.53 Å². The van der Waals surface area contributed by atoms with Gasteiger partial charge in [0.1, 0.15) is 0 Å². The zero-order chi connectivity index (χ0) is 12.8. The molecule has 0 aromatic rings. The monoisotopic (exact) mass is 231 g/mol. The Bertz CT molecular complexity index is 217. The minimum atomic E-state index is -0.493. The number of nitrogens with one attached hydrogen (secondary N) is 1. The van der Waals surface area contributed by atoms with E-state index in [1.54, 1.807) is 7.11 Å². The standard InChI is InChI=1S/C11H25N3O2/c1-9(2)14(6-7-16-5)8-11(3,4)10(15)13-12/h9H,6-8,12H2,1-5H3,(H,13,15). The Morgan fingerprint density at radius 2 is 2.06 bits per heavy atom. The van der Waals surface area contributed by atoms with Gasteiger partial charge in [-0.3, -0.25) is 15.1 Å². The van der Waals surface area contributed by atoms with Crippen molar-refractivity contribution in [3.05, 3.63) is 0 Å². The summed E-state index contributed by atoms with van der Waals surface area (Å²) in [4.78, 5) is 13.8. The molecule has 0 saturated heterocycles. The van der Waals surface area contributed by atoms with Crippen LogP contribution in [0.1, 0.15) is 27.7 Å². The predicted octanol–water partition coefficient (Wildman–Crippen LogP) is 0.359. The summed E-state index contributed by atoms with van der Waals surface area (Å²) in [6.07, 6.45) is 0. The molecule has 0 aromatic heterocycles. The first-order valence-electron chi connectivity index (χ1n) is 5.59. The van der Waals surface area contributed by atoms with Gasteiger partial charge in [0.25, 0.3) is 0 Å². The van der Waals surface area contributed by atoms with E-state index in [0.717, 1.165) is 6.54 Å². The van der Waals surface area contributed by atoms with Crippen LogP contribution < -0.4 is 11.3 Å². The lowest BCUT2D eigenvalue weighted by Crippen LogP contribution is -2.49. The molecule has 96 valence electrons. The van der Waals surface area contributed by atoms with Gasteiger partial charge in [0.2, 0.25) is 5.91 Å². The van der Waals surface area contributed by atoms with Gasteiger partial charge < -0.3 is 4.74 Å². The third-order valence-electron chi connectivity index (χ3n) is 2.66. The lowest BCUT2D eigenvalue weighted by Gasteiger charge is -2.33. The van der Waals surface area contributed by atoms with Gasteiger partial charge in [0.15, 0.2) is 0 Å².